The number of hydrogen-bond acceptors (Lipinski definition) is 5. The van der Waals surface area contributed by atoms with Crippen molar-refractivity contribution in [1.82, 2.24) is 14.9 Å². The van der Waals surface area contributed by atoms with E-state index in [4.69, 9.17) is 4.74 Å². The Balaban J connectivity index is 1.70. The fraction of sp³-hybridized carbons (Fsp3) is 0.722. The van der Waals surface area contributed by atoms with Crippen LogP contribution in [0.25, 0.3) is 0 Å². The maximum absolute atomic E-state index is 12.9. The zero-order chi connectivity index (χ0) is 16.9. The molecule has 3 heterocycles. The van der Waals surface area contributed by atoms with Crippen molar-refractivity contribution in [2.45, 2.75) is 64.5 Å². The second-order valence-electron chi connectivity index (χ2n) is 6.79. The van der Waals surface area contributed by atoms with Crippen molar-refractivity contribution < 1.29 is 9.53 Å². The fourth-order valence-corrected chi connectivity index (χ4v) is 3.61. The minimum absolute atomic E-state index is 0.0345. The van der Waals surface area contributed by atoms with Crippen molar-refractivity contribution >= 4 is 11.9 Å². The molecule has 2 unspecified atom stereocenters. The SMILES string of the molecule is CCC1CCCCN1C(=O)c1cc(C)nc(NCC2CCCO2)n1. The summed E-state index contributed by atoms with van der Waals surface area (Å²) in [5.74, 6) is 0.561. The Bertz CT molecular complexity index is 572. The summed E-state index contributed by atoms with van der Waals surface area (Å²) >= 11 is 0. The lowest BCUT2D eigenvalue weighted by Crippen LogP contribution is -2.43. The van der Waals surface area contributed by atoms with Gasteiger partial charge in [0.1, 0.15) is 5.69 Å². The summed E-state index contributed by atoms with van der Waals surface area (Å²) < 4.78 is 5.61. The molecule has 132 valence electrons. The number of nitrogens with one attached hydrogen (secondary N) is 1. The number of amides is 1. The van der Waals surface area contributed by atoms with Gasteiger partial charge in [-0.15, -0.1) is 0 Å². The third kappa shape index (κ3) is 4.04. The average Bonchev–Trinajstić information content (AvgIpc) is 3.12. The number of aryl methyl sites for hydroxylation is 1. The van der Waals surface area contributed by atoms with E-state index in [1.165, 1.54) is 6.42 Å². The summed E-state index contributed by atoms with van der Waals surface area (Å²) in [7, 11) is 0. The van der Waals surface area contributed by atoms with Crippen LogP contribution < -0.4 is 5.32 Å². The molecule has 1 amide bonds. The van der Waals surface area contributed by atoms with E-state index in [2.05, 4.69) is 22.2 Å². The van der Waals surface area contributed by atoms with Gasteiger partial charge in [0.15, 0.2) is 0 Å². The van der Waals surface area contributed by atoms with Crippen molar-refractivity contribution in [3.63, 3.8) is 0 Å². The van der Waals surface area contributed by atoms with Crippen LogP contribution in [-0.4, -0.2) is 52.6 Å². The van der Waals surface area contributed by atoms with Gasteiger partial charge in [-0.05, 0) is 51.5 Å². The lowest BCUT2D eigenvalue weighted by atomic mass is 9.99. The third-order valence-electron chi connectivity index (χ3n) is 4.94. The topological polar surface area (TPSA) is 67.4 Å². The van der Waals surface area contributed by atoms with Gasteiger partial charge in [-0.2, -0.15) is 0 Å². The number of likely N-dealkylation sites (tertiary alicyclic amines) is 1. The van der Waals surface area contributed by atoms with Crippen LogP contribution in [0.5, 0.6) is 0 Å². The smallest absolute Gasteiger partial charge is 0.272 e. The molecular weight excluding hydrogens is 304 g/mol. The monoisotopic (exact) mass is 332 g/mol. The van der Waals surface area contributed by atoms with E-state index in [0.29, 0.717) is 24.2 Å². The molecule has 1 aromatic heterocycles. The van der Waals surface area contributed by atoms with E-state index in [9.17, 15) is 4.79 Å². The van der Waals surface area contributed by atoms with Crippen molar-refractivity contribution in [2.75, 3.05) is 25.0 Å². The van der Waals surface area contributed by atoms with Crippen molar-refractivity contribution in [2.24, 2.45) is 0 Å². The van der Waals surface area contributed by atoms with Crippen molar-refractivity contribution in [3.8, 4) is 0 Å². The number of piperidine rings is 1. The molecule has 2 aliphatic heterocycles. The van der Waals surface area contributed by atoms with E-state index in [-0.39, 0.29) is 12.0 Å². The molecular formula is C18H28N4O2. The predicted octanol–water partition coefficient (Wildman–Crippen LogP) is 2.78. The number of aromatic nitrogens is 2. The highest BCUT2D eigenvalue weighted by Gasteiger charge is 2.27. The first-order chi connectivity index (χ1) is 11.7. The largest absolute Gasteiger partial charge is 0.376 e. The van der Waals surface area contributed by atoms with Crippen molar-refractivity contribution in [3.05, 3.63) is 17.5 Å². The summed E-state index contributed by atoms with van der Waals surface area (Å²) in [4.78, 5) is 23.8. The van der Waals surface area contributed by atoms with Gasteiger partial charge in [-0.1, -0.05) is 6.92 Å². The Morgan fingerprint density at radius 1 is 1.33 bits per heavy atom. The molecule has 2 fully saturated rings. The number of nitrogens with zero attached hydrogens (tertiary/aromatic N) is 3. The summed E-state index contributed by atoms with van der Waals surface area (Å²) in [6.07, 6.45) is 6.78. The van der Waals surface area contributed by atoms with E-state index in [1.807, 2.05) is 11.8 Å². The predicted molar refractivity (Wildman–Crippen MR) is 93.2 cm³/mol. The van der Waals surface area contributed by atoms with Crippen LogP contribution in [0.1, 0.15) is 61.6 Å². The first-order valence-corrected chi connectivity index (χ1v) is 9.19. The van der Waals surface area contributed by atoms with Crippen LogP contribution in [0.15, 0.2) is 6.07 Å². The van der Waals surface area contributed by atoms with Gasteiger partial charge in [0, 0.05) is 31.4 Å². The lowest BCUT2D eigenvalue weighted by Gasteiger charge is -2.35. The molecule has 0 saturated carbocycles. The van der Waals surface area contributed by atoms with Gasteiger partial charge in [0.2, 0.25) is 5.95 Å². The van der Waals surface area contributed by atoms with Crippen molar-refractivity contribution in [1.29, 1.82) is 0 Å². The van der Waals surface area contributed by atoms with Crippen LogP contribution >= 0.6 is 0 Å². The summed E-state index contributed by atoms with van der Waals surface area (Å²) in [6.45, 7) is 6.41. The zero-order valence-corrected chi connectivity index (χ0v) is 14.8. The van der Waals surface area contributed by atoms with E-state index in [1.54, 1.807) is 6.07 Å². The van der Waals surface area contributed by atoms with Crippen LogP contribution in [-0.2, 0) is 4.74 Å². The molecule has 0 bridgehead atoms. The first-order valence-electron chi connectivity index (χ1n) is 9.19. The highest BCUT2D eigenvalue weighted by Crippen LogP contribution is 2.22. The Morgan fingerprint density at radius 2 is 2.21 bits per heavy atom. The van der Waals surface area contributed by atoms with E-state index < -0.39 is 0 Å². The van der Waals surface area contributed by atoms with E-state index >= 15 is 0 Å². The fourth-order valence-electron chi connectivity index (χ4n) is 3.61. The molecule has 1 aromatic rings. The summed E-state index contributed by atoms with van der Waals surface area (Å²) in [5.41, 5.74) is 1.31. The molecule has 2 aliphatic rings. The van der Waals surface area contributed by atoms with Gasteiger partial charge < -0.3 is 15.0 Å². The van der Waals surface area contributed by atoms with Gasteiger partial charge in [0.25, 0.3) is 5.91 Å². The third-order valence-corrected chi connectivity index (χ3v) is 4.94. The molecule has 6 nitrogen and oxygen atoms in total. The quantitative estimate of drug-likeness (QED) is 0.898. The van der Waals surface area contributed by atoms with Gasteiger partial charge >= 0.3 is 0 Å². The van der Waals surface area contributed by atoms with E-state index in [0.717, 1.165) is 50.9 Å². The molecule has 6 heteroatoms. The Labute approximate surface area is 144 Å². The molecule has 1 N–H and O–H groups in total. The summed E-state index contributed by atoms with van der Waals surface area (Å²) in [6, 6.07) is 2.13. The first kappa shape index (κ1) is 17.1. The Kier molecular flexibility index (Phi) is 5.66. The highest BCUT2D eigenvalue weighted by molar-refractivity contribution is 5.93. The molecule has 0 aromatic carbocycles. The average molecular weight is 332 g/mol. The number of anilines is 1. The lowest BCUT2D eigenvalue weighted by molar-refractivity contribution is 0.0602. The van der Waals surface area contributed by atoms with Crippen LogP contribution in [0.4, 0.5) is 5.95 Å². The number of carbonyl (C=O) groups excluding carboxylic acids is 1. The van der Waals surface area contributed by atoms with Gasteiger partial charge in [-0.25, -0.2) is 9.97 Å². The molecule has 3 rings (SSSR count). The minimum atomic E-state index is 0.0345. The van der Waals surface area contributed by atoms with Crippen LogP contribution in [0.3, 0.4) is 0 Å². The Hall–Kier alpha value is -1.69. The number of hydrogen-bond donors (Lipinski definition) is 1. The number of rotatable bonds is 5. The van der Waals surface area contributed by atoms with Gasteiger partial charge in [0.05, 0.1) is 6.10 Å². The molecule has 0 radical (unpaired) electrons. The van der Waals surface area contributed by atoms with Gasteiger partial charge in [-0.3, -0.25) is 4.79 Å². The molecule has 2 atom stereocenters. The molecule has 0 spiro atoms. The summed E-state index contributed by atoms with van der Waals surface area (Å²) in [5, 5.41) is 3.23. The highest BCUT2D eigenvalue weighted by atomic mass is 16.5. The maximum Gasteiger partial charge on any atom is 0.272 e. The van der Waals surface area contributed by atoms with Crippen LogP contribution in [0.2, 0.25) is 0 Å². The standard InChI is InChI=1S/C18H28N4O2/c1-3-14-7-4-5-9-22(14)17(23)16-11-13(2)20-18(21-16)19-12-15-8-6-10-24-15/h11,14-15H,3-10,12H2,1-2H3,(H,19,20,21). The Morgan fingerprint density at radius 3 is 2.96 bits per heavy atom. The molecule has 0 aliphatic carbocycles. The molecule has 2 saturated heterocycles. The normalized spacial score (nSPS) is 24.2. The number of carbonyl (C=O) groups is 1. The zero-order valence-electron chi connectivity index (χ0n) is 14.8. The second-order valence-corrected chi connectivity index (χ2v) is 6.79. The maximum atomic E-state index is 12.9. The van der Waals surface area contributed by atoms with Crippen LogP contribution in [0, 0.1) is 6.92 Å². The molecule has 24 heavy (non-hydrogen) atoms. The second kappa shape index (κ2) is 7.92. The number of ether oxygens (including phenoxy) is 1. The minimum Gasteiger partial charge on any atom is -0.376 e.